The number of aliphatic hydroxyl groups is 2. The molecule has 1 aliphatic carbocycles. The van der Waals surface area contributed by atoms with Gasteiger partial charge in [-0.15, -0.1) is 0 Å². The first-order valence-electron chi connectivity index (χ1n) is 14.7. The fourth-order valence-corrected chi connectivity index (χ4v) is 5.14. The number of ether oxygens (including phenoxy) is 3. The highest BCUT2D eigenvalue weighted by Crippen LogP contribution is 2.38. The Morgan fingerprint density at radius 1 is 0.780 bits per heavy atom. The highest BCUT2D eigenvalue weighted by atomic mass is 16.5. The van der Waals surface area contributed by atoms with Crippen LogP contribution in [0, 0.1) is 5.92 Å². The number of unbranched alkanes of at least 4 members (excludes halogenated alkanes) is 4. The Bertz CT molecular complexity index is 1110. The maximum Gasteiger partial charge on any atom is 0.341 e. The van der Waals surface area contributed by atoms with Crippen molar-refractivity contribution in [2.45, 2.75) is 83.7 Å². The van der Waals surface area contributed by atoms with Crippen LogP contribution in [0.5, 0.6) is 17.2 Å². The molecule has 0 aliphatic heterocycles. The van der Waals surface area contributed by atoms with Crippen LogP contribution in [0.15, 0.2) is 66.8 Å². The molecule has 1 fully saturated rings. The van der Waals surface area contributed by atoms with E-state index in [9.17, 15) is 9.59 Å². The molecule has 41 heavy (non-hydrogen) atoms. The van der Waals surface area contributed by atoms with Crippen molar-refractivity contribution in [2.24, 2.45) is 5.92 Å². The standard InChI is InChI=1S/C34H44O7/c1-4-5-6-7-8-9-26-10-12-28(13-11-26)29-14-16-30(17-15-29)39-23-27-18-31(40-33(37)24(2)21-35)20-32(19-27)41-34(38)25(3)22-36/h14-20,26,28,35-36H,2-13,21-23H2,1H3. The van der Waals surface area contributed by atoms with Crippen LogP contribution in [-0.4, -0.2) is 35.4 Å². The minimum absolute atomic E-state index is 0.0926. The van der Waals surface area contributed by atoms with E-state index in [1.165, 1.54) is 75.8 Å². The molecule has 0 radical (unpaired) electrons. The predicted octanol–water partition coefficient (Wildman–Crippen LogP) is 6.81. The second-order valence-electron chi connectivity index (χ2n) is 10.9. The van der Waals surface area contributed by atoms with Gasteiger partial charge in [-0.3, -0.25) is 0 Å². The Hall–Kier alpha value is -3.42. The number of carbonyl (C=O) groups excluding carboxylic acids is 2. The number of hydrogen-bond donors (Lipinski definition) is 2. The maximum absolute atomic E-state index is 12.1. The molecule has 0 bridgehead atoms. The molecule has 0 aromatic heterocycles. The van der Waals surface area contributed by atoms with Crippen molar-refractivity contribution in [1.82, 2.24) is 0 Å². The fourth-order valence-electron chi connectivity index (χ4n) is 5.14. The van der Waals surface area contributed by atoms with E-state index in [0.29, 0.717) is 17.2 Å². The van der Waals surface area contributed by atoms with Crippen molar-refractivity contribution in [2.75, 3.05) is 13.2 Å². The zero-order valence-electron chi connectivity index (χ0n) is 24.2. The highest BCUT2D eigenvalue weighted by Gasteiger charge is 2.22. The first kappa shape index (κ1) is 32.1. The van der Waals surface area contributed by atoms with E-state index in [1.807, 2.05) is 12.1 Å². The summed E-state index contributed by atoms with van der Waals surface area (Å²) < 4.78 is 16.5. The van der Waals surface area contributed by atoms with Crippen molar-refractivity contribution >= 4 is 11.9 Å². The van der Waals surface area contributed by atoms with Crippen molar-refractivity contribution in [3.05, 3.63) is 77.9 Å². The van der Waals surface area contributed by atoms with Gasteiger partial charge in [0.05, 0.1) is 24.4 Å². The zero-order chi connectivity index (χ0) is 29.6. The second kappa shape index (κ2) is 16.7. The Morgan fingerprint density at radius 3 is 1.88 bits per heavy atom. The third kappa shape index (κ3) is 10.5. The van der Waals surface area contributed by atoms with Crippen LogP contribution < -0.4 is 14.2 Å². The molecule has 0 atom stereocenters. The minimum atomic E-state index is -0.806. The lowest BCUT2D eigenvalue weighted by Gasteiger charge is -2.29. The lowest BCUT2D eigenvalue weighted by atomic mass is 9.77. The quantitative estimate of drug-likeness (QED) is 0.0999. The van der Waals surface area contributed by atoms with Crippen molar-refractivity contribution in [3.63, 3.8) is 0 Å². The normalized spacial score (nSPS) is 16.6. The van der Waals surface area contributed by atoms with Crippen LogP contribution in [0.4, 0.5) is 0 Å². The largest absolute Gasteiger partial charge is 0.489 e. The van der Waals surface area contributed by atoms with Gasteiger partial charge in [-0.2, -0.15) is 0 Å². The number of rotatable bonds is 16. The maximum atomic E-state index is 12.1. The molecule has 1 aliphatic rings. The topological polar surface area (TPSA) is 102 Å². The molecular weight excluding hydrogens is 520 g/mol. The molecule has 0 heterocycles. The summed E-state index contributed by atoms with van der Waals surface area (Å²) in [6.45, 7) is 8.22. The average Bonchev–Trinajstić information content (AvgIpc) is 2.99. The zero-order valence-corrected chi connectivity index (χ0v) is 24.2. The van der Waals surface area contributed by atoms with Gasteiger partial charge in [0.25, 0.3) is 0 Å². The summed E-state index contributed by atoms with van der Waals surface area (Å²) in [5.41, 5.74) is 1.69. The molecule has 7 heteroatoms. The molecule has 222 valence electrons. The van der Waals surface area contributed by atoms with Gasteiger partial charge < -0.3 is 24.4 Å². The number of benzene rings is 2. The summed E-state index contributed by atoms with van der Waals surface area (Å²) in [5, 5.41) is 18.3. The number of carbonyl (C=O) groups is 2. The van der Waals surface area contributed by atoms with E-state index in [-0.39, 0.29) is 29.3 Å². The van der Waals surface area contributed by atoms with E-state index in [0.717, 1.165) is 5.92 Å². The minimum Gasteiger partial charge on any atom is -0.489 e. The lowest BCUT2D eigenvalue weighted by molar-refractivity contribution is -0.131. The Labute approximate surface area is 243 Å². The molecule has 1 saturated carbocycles. The summed E-state index contributed by atoms with van der Waals surface area (Å²) in [6, 6.07) is 12.7. The van der Waals surface area contributed by atoms with E-state index >= 15 is 0 Å². The predicted molar refractivity (Wildman–Crippen MR) is 159 cm³/mol. The lowest BCUT2D eigenvalue weighted by Crippen LogP contribution is -2.15. The number of hydrogen-bond acceptors (Lipinski definition) is 7. The average molecular weight is 565 g/mol. The fraction of sp³-hybridized carbons (Fsp3) is 0.471. The smallest absolute Gasteiger partial charge is 0.341 e. The Kier molecular flexibility index (Phi) is 13.1. The molecule has 2 N–H and O–H groups in total. The summed E-state index contributed by atoms with van der Waals surface area (Å²) in [4.78, 5) is 24.2. The van der Waals surface area contributed by atoms with Gasteiger partial charge in [0.15, 0.2) is 0 Å². The molecule has 7 nitrogen and oxygen atoms in total. The monoisotopic (exact) mass is 564 g/mol. The van der Waals surface area contributed by atoms with E-state index < -0.39 is 25.2 Å². The summed E-state index contributed by atoms with van der Waals surface area (Å²) in [5.74, 6) is 0.727. The molecule has 0 unspecified atom stereocenters. The van der Waals surface area contributed by atoms with Crippen molar-refractivity contribution in [3.8, 4) is 17.2 Å². The molecule has 2 aromatic rings. The molecule has 3 rings (SSSR count). The molecule has 0 amide bonds. The third-order valence-electron chi connectivity index (χ3n) is 7.64. The Morgan fingerprint density at radius 2 is 1.34 bits per heavy atom. The van der Waals surface area contributed by atoms with Crippen molar-refractivity contribution in [1.29, 1.82) is 0 Å². The van der Waals surface area contributed by atoms with Crippen LogP contribution in [0.25, 0.3) is 0 Å². The second-order valence-corrected chi connectivity index (χ2v) is 10.9. The van der Waals surface area contributed by atoms with E-state index in [2.05, 4.69) is 32.2 Å². The van der Waals surface area contributed by atoms with E-state index in [4.69, 9.17) is 24.4 Å². The van der Waals surface area contributed by atoms with Crippen LogP contribution in [0.3, 0.4) is 0 Å². The van der Waals surface area contributed by atoms with Crippen LogP contribution in [0.1, 0.15) is 88.2 Å². The van der Waals surface area contributed by atoms with Gasteiger partial charge in [0.1, 0.15) is 23.9 Å². The molecule has 0 spiro atoms. The summed E-state index contributed by atoms with van der Waals surface area (Å²) in [7, 11) is 0. The van der Waals surface area contributed by atoms with Gasteiger partial charge in [-0.05, 0) is 72.9 Å². The SMILES string of the molecule is C=C(CO)C(=O)Oc1cc(COc2ccc(C3CCC(CCCCCCC)CC3)cc2)cc(OC(=O)C(=C)CO)c1. The van der Waals surface area contributed by atoms with Gasteiger partial charge in [-0.25, -0.2) is 9.59 Å². The molecule has 0 saturated heterocycles. The van der Waals surface area contributed by atoms with Gasteiger partial charge in [0, 0.05) is 6.07 Å². The van der Waals surface area contributed by atoms with Crippen LogP contribution in [-0.2, 0) is 16.2 Å². The third-order valence-corrected chi connectivity index (χ3v) is 7.64. The molecule has 2 aromatic carbocycles. The highest BCUT2D eigenvalue weighted by molar-refractivity contribution is 5.90. The van der Waals surface area contributed by atoms with Crippen LogP contribution in [0.2, 0.25) is 0 Å². The number of aliphatic hydroxyl groups excluding tert-OH is 2. The first-order chi connectivity index (χ1) is 19.8. The van der Waals surface area contributed by atoms with Gasteiger partial charge in [-0.1, -0.05) is 70.7 Å². The summed E-state index contributed by atoms with van der Waals surface area (Å²) in [6.07, 6.45) is 13.2. The number of esters is 2. The van der Waals surface area contributed by atoms with Gasteiger partial charge in [0.2, 0.25) is 0 Å². The first-order valence-corrected chi connectivity index (χ1v) is 14.7. The van der Waals surface area contributed by atoms with E-state index in [1.54, 1.807) is 12.1 Å². The van der Waals surface area contributed by atoms with Crippen LogP contribution >= 0.6 is 0 Å². The van der Waals surface area contributed by atoms with Gasteiger partial charge >= 0.3 is 11.9 Å². The summed E-state index contributed by atoms with van der Waals surface area (Å²) >= 11 is 0. The Balaban J connectivity index is 1.58. The van der Waals surface area contributed by atoms with Crippen molar-refractivity contribution < 1.29 is 34.0 Å². The molecular formula is C34H44O7.